The molecule has 150 valence electrons. The van der Waals surface area contributed by atoms with Gasteiger partial charge in [0, 0.05) is 26.7 Å². The lowest BCUT2D eigenvalue weighted by atomic mass is 9.90. The van der Waals surface area contributed by atoms with Crippen molar-refractivity contribution in [3.8, 4) is 0 Å². The lowest BCUT2D eigenvalue weighted by Crippen LogP contribution is -2.62. The van der Waals surface area contributed by atoms with Crippen molar-refractivity contribution in [2.24, 2.45) is 0 Å². The largest absolute Gasteiger partial charge is 0.379 e. The summed E-state index contributed by atoms with van der Waals surface area (Å²) in [5.41, 5.74) is -0.0299. The number of nitrogens with zero attached hydrogens (tertiary/aromatic N) is 1. The molecular weight excluding hydrogens is 342 g/mol. The van der Waals surface area contributed by atoms with Crippen LogP contribution in [0.4, 0.5) is 0 Å². The number of piperidine rings is 1. The van der Waals surface area contributed by atoms with Crippen LogP contribution in [-0.4, -0.2) is 53.1 Å². The highest BCUT2D eigenvalue weighted by Gasteiger charge is 2.43. The maximum Gasteiger partial charge on any atom is 0.256 e. The van der Waals surface area contributed by atoms with E-state index in [4.69, 9.17) is 0 Å². The first kappa shape index (κ1) is 21.4. The monoisotopic (exact) mass is 375 g/mol. The highest BCUT2D eigenvalue weighted by Crippen LogP contribution is 2.25. The summed E-state index contributed by atoms with van der Waals surface area (Å²) in [6, 6.07) is 8.27. The van der Waals surface area contributed by atoms with Gasteiger partial charge in [-0.1, -0.05) is 38.1 Å². The number of aliphatic hydroxyl groups is 1. The van der Waals surface area contributed by atoms with Crippen LogP contribution in [-0.2, 0) is 16.1 Å². The molecule has 1 aliphatic heterocycles. The Morgan fingerprint density at radius 3 is 2.48 bits per heavy atom. The van der Waals surface area contributed by atoms with Crippen LogP contribution in [0, 0.1) is 0 Å². The number of benzene rings is 1. The second-order valence-corrected chi connectivity index (χ2v) is 8.32. The molecule has 27 heavy (non-hydrogen) atoms. The second-order valence-electron chi connectivity index (χ2n) is 8.32. The van der Waals surface area contributed by atoms with Crippen molar-refractivity contribution >= 4 is 11.8 Å². The smallest absolute Gasteiger partial charge is 0.256 e. The van der Waals surface area contributed by atoms with Gasteiger partial charge in [0.1, 0.15) is 0 Å². The molecule has 0 spiro atoms. The number of carbonyl (C=O) groups is 2. The summed E-state index contributed by atoms with van der Waals surface area (Å²) in [4.78, 5) is 26.6. The van der Waals surface area contributed by atoms with Gasteiger partial charge in [0.15, 0.2) is 5.60 Å². The van der Waals surface area contributed by atoms with Gasteiger partial charge >= 0.3 is 0 Å². The zero-order chi connectivity index (χ0) is 20.2. The van der Waals surface area contributed by atoms with E-state index < -0.39 is 11.1 Å². The van der Waals surface area contributed by atoms with Crippen LogP contribution in [0.1, 0.15) is 57.6 Å². The Bertz CT molecular complexity index is 670. The van der Waals surface area contributed by atoms with Crippen molar-refractivity contribution in [1.29, 1.82) is 0 Å². The Hall–Kier alpha value is -1.92. The van der Waals surface area contributed by atoms with Gasteiger partial charge in [-0.15, -0.1) is 0 Å². The number of carbonyl (C=O) groups excluding carboxylic acids is 2. The number of β-amino-alcohol motifs (C(OH)–C–C–N with tert-alkyl or cyclic N) is 1. The van der Waals surface area contributed by atoms with E-state index in [2.05, 4.69) is 36.6 Å². The minimum Gasteiger partial charge on any atom is -0.379 e. The maximum absolute atomic E-state index is 12.9. The molecule has 1 saturated heterocycles. The van der Waals surface area contributed by atoms with E-state index in [-0.39, 0.29) is 18.4 Å². The third-order valence-electron chi connectivity index (χ3n) is 5.34. The van der Waals surface area contributed by atoms with Crippen molar-refractivity contribution < 1.29 is 14.7 Å². The number of nitrogens with one attached hydrogen (secondary N) is 2. The fourth-order valence-electron chi connectivity index (χ4n) is 3.37. The van der Waals surface area contributed by atoms with Crippen molar-refractivity contribution in [2.45, 2.75) is 64.1 Å². The van der Waals surface area contributed by atoms with Gasteiger partial charge in [-0.3, -0.25) is 9.59 Å². The van der Waals surface area contributed by atoms with Gasteiger partial charge in [0.2, 0.25) is 5.91 Å². The first-order valence-corrected chi connectivity index (χ1v) is 9.67. The quantitative estimate of drug-likeness (QED) is 0.678. The van der Waals surface area contributed by atoms with E-state index >= 15 is 0 Å². The molecule has 0 radical (unpaired) electrons. The number of hydrogen-bond donors (Lipinski definition) is 3. The molecular formula is C21H33N3O3. The average molecular weight is 376 g/mol. The molecule has 1 fully saturated rings. The van der Waals surface area contributed by atoms with Gasteiger partial charge in [-0.2, -0.15) is 0 Å². The van der Waals surface area contributed by atoms with Crippen molar-refractivity contribution in [1.82, 2.24) is 15.5 Å². The first-order valence-electron chi connectivity index (χ1n) is 9.67. The van der Waals surface area contributed by atoms with E-state index in [0.29, 0.717) is 25.4 Å². The molecule has 2 amide bonds. The zero-order valence-corrected chi connectivity index (χ0v) is 17.1. The van der Waals surface area contributed by atoms with E-state index in [0.717, 1.165) is 12.0 Å². The van der Waals surface area contributed by atoms with Gasteiger partial charge < -0.3 is 20.6 Å². The molecule has 1 heterocycles. The molecule has 2 rings (SSSR count). The molecule has 3 N–H and O–H groups in total. The average Bonchev–Trinajstić information content (AvgIpc) is 2.64. The summed E-state index contributed by atoms with van der Waals surface area (Å²) in [6.45, 7) is 8.93. The summed E-state index contributed by atoms with van der Waals surface area (Å²) in [7, 11) is 1.57. The Kier molecular flexibility index (Phi) is 6.65. The molecule has 0 aliphatic carbocycles. The lowest BCUT2D eigenvalue weighted by Gasteiger charge is -2.40. The lowest BCUT2D eigenvalue weighted by molar-refractivity contribution is -0.158. The number of amides is 2. The van der Waals surface area contributed by atoms with Crippen LogP contribution >= 0.6 is 0 Å². The van der Waals surface area contributed by atoms with Crippen LogP contribution in [0.2, 0.25) is 0 Å². The van der Waals surface area contributed by atoms with Crippen molar-refractivity contribution in [3.05, 3.63) is 35.4 Å². The highest BCUT2D eigenvalue weighted by atomic mass is 16.3. The predicted octanol–water partition coefficient (Wildman–Crippen LogP) is 1.78. The van der Waals surface area contributed by atoms with Crippen LogP contribution in [0.25, 0.3) is 0 Å². The van der Waals surface area contributed by atoms with Crippen LogP contribution < -0.4 is 10.6 Å². The molecule has 6 heteroatoms. The van der Waals surface area contributed by atoms with Crippen LogP contribution in [0.5, 0.6) is 0 Å². The van der Waals surface area contributed by atoms with Crippen LogP contribution in [0.3, 0.4) is 0 Å². The van der Waals surface area contributed by atoms with E-state index in [1.807, 2.05) is 12.1 Å². The van der Waals surface area contributed by atoms with Gasteiger partial charge in [0.05, 0.1) is 5.54 Å². The van der Waals surface area contributed by atoms with Crippen molar-refractivity contribution in [3.63, 3.8) is 0 Å². The molecule has 0 unspecified atom stereocenters. The van der Waals surface area contributed by atoms with Gasteiger partial charge in [-0.25, -0.2) is 0 Å². The SMILES string of the molecule is CNC(=O)C(C)(C)NC[C@@]1(O)CCCN(Cc2ccc(C(C)C)cc2)C1=O. The zero-order valence-electron chi connectivity index (χ0n) is 17.1. The first-order chi connectivity index (χ1) is 12.6. The van der Waals surface area contributed by atoms with Crippen molar-refractivity contribution in [2.75, 3.05) is 20.1 Å². The minimum absolute atomic E-state index is 0.0506. The Morgan fingerprint density at radius 2 is 1.93 bits per heavy atom. The number of hydrogen-bond acceptors (Lipinski definition) is 4. The topological polar surface area (TPSA) is 81.7 Å². The highest BCUT2D eigenvalue weighted by molar-refractivity contribution is 5.87. The molecule has 0 saturated carbocycles. The Morgan fingerprint density at radius 1 is 1.30 bits per heavy atom. The molecule has 1 aliphatic rings. The molecule has 1 atom stereocenters. The predicted molar refractivity (Wildman–Crippen MR) is 106 cm³/mol. The molecule has 1 aromatic rings. The summed E-state index contributed by atoms with van der Waals surface area (Å²) in [6.07, 6.45) is 1.12. The Labute approximate surface area is 162 Å². The number of likely N-dealkylation sites (N-methyl/N-ethyl adjacent to an activating group) is 1. The molecule has 0 aromatic heterocycles. The third kappa shape index (κ3) is 5.08. The summed E-state index contributed by atoms with van der Waals surface area (Å²) in [5.74, 6) is 0.00820. The fourth-order valence-corrected chi connectivity index (χ4v) is 3.37. The fraction of sp³-hybridized carbons (Fsp3) is 0.619. The Balaban J connectivity index is 2.04. The molecule has 1 aromatic carbocycles. The van der Waals surface area contributed by atoms with Crippen LogP contribution in [0.15, 0.2) is 24.3 Å². The maximum atomic E-state index is 12.9. The van der Waals surface area contributed by atoms with E-state index in [1.54, 1.807) is 25.8 Å². The second kappa shape index (κ2) is 8.40. The summed E-state index contributed by atoms with van der Waals surface area (Å²) >= 11 is 0. The summed E-state index contributed by atoms with van der Waals surface area (Å²) in [5, 5.41) is 16.6. The number of rotatable bonds is 7. The minimum atomic E-state index is -1.48. The standard InChI is InChI=1S/C21H33N3O3/c1-15(2)17-9-7-16(8-10-17)13-24-12-6-11-21(27,19(24)26)14-23-20(3,4)18(25)22-5/h7-10,15,23,27H,6,11-14H2,1-5H3,(H,22,25)/t21-/m0/s1. The molecule has 0 bridgehead atoms. The van der Waals surface area contributed by atoms with E-state index in [1.165, 1.54) is 5.56 Å². The molecule has 6 nitrogen and oxygen atoms in total. The normalized spacial score (nSPS) is 20.9. The number of likely N-dealkylation sites (tertiary alicyclic amines) is 1. The van der Waals surface area contributed by atoms with Gasteiger partial charge in [0.25, 0.3) is 5.91 Å². The van der Waals surface area contributed by atoms with E-state index in [9.17, 15) is 14.7 Å². The van der Waals surface area contributed by atoms with Gasteiger partial charge in [-0.05, 0) is 43.7 Å². The summed E-state index contributed by atoms with van der Waals surface area (Å²) < 4.78 is 0. The third-order valence-corrected chi connectivity index (χ3v) is 5.34.